The van der Waals surface area contributed by atoms with Crippen molar-refractivity contribution in [3.05, 3.63) is 27.7 Å². The van der Waals surface area contributed by atoms with Gasteiger partial charge in [-0.15, -0.1) is 0 Å². The van der Waals surface area contributed by atoms with Crippen LogP contribution in [0.5, 0.6) is 0 Å². The summed E-state index contributed by atoms with van der Waals surface area (Å²) in [5, 5.41) is 14.3. The van der Waals surface area contributed by atoms with E-state index in [2.05, 4.69) is 21.2 Å². The Morgan fingerprint density at radius 2 is 1.90 bits per heavy atom. The third kappa shape index (κ3) is 3.52. The SMILES string of the molecule is O=C([O-])[C@H]1CCCC[C@H]1C(=O)Nc1ccc(Br)c(Cl)c1. The molecule has 0 aromatic heterocycles. The number of carbonyl (C=O) groups excluding carboxylic acids is 2. The van der Waals surface area contributed by atoms with Crippen molar-refractivity contribution in [2.75, 3.05) is 5.32 Å². The molecule has 1 aromatic carbocycles. The molecule has 0 heterocycles. The number of benzene rings is 1. The molecular weight excluding hydrogens is 346 g/mol. The fourth-order valence-electron chi connectivity index (χ4n) is 2.54. The number of carboxylic acids is 1. The van der Waals surface area contributed by atoms with Crippen molar-refractivity contribution in [1.82, 2.24) is 0 Å². The van der Waals surface area contributed by atoms with E-state index in [1.54, 1.807) is 18.2 Å². The highest BCUT2D eigenvalue weighted by Gasteiger charge is 2.31. The lowest BCUT2D eigenvalue weighted by Gasteiger charge is -2.31. The van der Waals surface area contributed by atoms with E-state index < -0.39 is 17.8 Å². The summed E-state index contributed by atoms with van der Waals surface area (Å²) < 4.78 is 0.738. The lowest BCUT2D eigenvalue weighted by Crippen LogP contribution is -2.42. The maximum Gasteiger partial charge on any atom is 0.228 e. The van der Waals surface area contributed by atoms with Gasteiger partial charge in [0.2, 0.25) is 5.91 Å². The Balaban J connectivity index is 2.09. The van der Waals surface area contributed by atoms with Gasteiger partial charge in [-0.25, -0.2) is 0 Å². The van der Waals surface area contributed by atoms with Gasteiger partial charge in [0.15, 0.2) is 0 Å². The third-order valence-corrected chi connectivity index (χ3v) is 4.83. The minimum Gasteiger partial charge on any atom is -0.550 e. The van der Waals surface area contributed by atoms with E-state index in [9.17, 15) is 14.7 Å². The summed E-state index contributed by atoms with van der Waals surface area (Å²) >= 11 is 9.23. The van der Waals surface area contributed by atoms with Gasteiger partial charge >= 0.3 is 0 Å². The molecular formula is C14H14BrClNO3-. The lowest BCUT2D eigenvalue weighted by molar-refractivity contribution is -0.313. The van der Waals surface area contributed by atoms with Crippen molar-refractivity contribution in [1.29, 1.82) is 0 Å². The molecule has 0 saturated heterocycles. The Labute approximate surface area is 130 Å². The molecule has 1 N–H and O–H groups in total. The van der Waals surface area contributed by atoms with Crippen molar-refractivity contribution in [2.24, 2.45) is 11.8 Å². The van der Waals surface area contributed by atoms with Crippen LogP contribution >= 0.6 is 27.5 Å². The molecule has 20 heavy (non-hydrogen) atoms. The summed E-state index contributed by atoms with van der Waals surface area (Å²) in [5.74, 6) is -2.65. The maximum absolute atomic E-state index is 12.2. The first kappa shape index (κ1) is 15.3. The number of hydrogen-bond donors (Lipinski definition) is 1. The van der Waals surface area contributed by atoms with Crippen molar-refractivity contribution in [3.63, 3.8) is 0 Å². The fourth-order valence-corrected chi connectivity index (χ4v) is 2.96. The fraction of sp³-hybridized carbons (Fsp3) is 0.429. The first-order valence-electron chi connectivity index (χ1n) is 6.46. The molecule has 0 unspecified atom stereocenters. The lowest BCUT2D eigenvalue weighted by atomic mass is 9.78. The largest absolute Gasteiger partial charge is 0.550 e. The van der Waals surface area contributed by atoms with E-state index in [1.165, 1.54) is 0 Å². The topological polar surface area (TPSA) is 69.2 Å². The molecule has 1 fully saturated rings. The average molecular weight is 360 g/mol. The number of anilines is 1. The molecule has 108 valence electrons. The molecule has 0 aliphatic heterocycles. The third-order valence-electron chi connectivity index (χ3n) is 3.59. The summed E-state index contributed by atoms with van der Waals surface area (Å²) in [7, 11) is 0. The molecule has 4 nitrogen and oxygen atoms in total. The van der Waals surface area contributed by atoms with Gasteiger partial charge in [-0.1, -0.05) is 24.4 Å². The highest BCUT2D eigenvalue weighted by atomic mass is 79.9. The zero-order chi connectivity index (χ0) is 14.7. The van der Waals surface area contributed by atoms with Crippen LogP contribution in [0.2, 0.25) is 5.02 Å². The van der Waals surface area contributed by atoms with Crippen LogP contribution in [0.1, 0.15) is 25.7 Å². The second kappa shape index (κ2) is 6.59. The summed E-state index contributed by atoms with van der Waals surface area (Å²) in [6.45, 7) is 0. The van der Waals surface area contributed by atoms with Crippen LogP contribution in [0.15, 0.2) is 22.7 Å². The van der Waals surface area contributed by atoms with E-state index in [0.717, 1.165) is 17.3 Å². The Morgan fingerprint density at radius 1 is 1.25 bits per heavy atom. The van der Waals surface area contributed by atoms with Crippen LogP contribution in [0.4, 0.5) is 5.69 Å². The summed E-state index contributed by atoms with van der Waals surface area (Å²) in [5.41, 5.74) is 0.561. The van der Waals surface area contributed by atoms with E-state index in [0.29, 0.717) is 23.6 Å². The molecule has 6 heteroatoms. The van der Waals surface area contributed by atoms with Gasteiger partial charge in [-0.3, -0.25) is 4.79 Å². The number of nitrogens with one attached hydrogen (secondary N) is 1. The highest BCUT2D eigenvalue weighted by Crippen LogP contribution is 2.31. The number of rotatable bonds is 3. The number of carbonyl (C=O) groups is 2. The predicted molar refractivity (Wildman–Crippen MR) is 78.2 cm³/mol. The second-order valence-corrected chi connectivity index (χ2v) is 6.20. The number of aliphatic carboxylic acids is 1. The van der Waals surface area contributed by atoms with Gasteiger partial charge in [0, 0.05) is 28.0 Å². The van der Waals surface area contributed by atoms with Crippen LogP contribution < -0.4 is 10.4 Å². The first-order valence-corrected chi connectivity index (χ1v) is 7.63. The maximum atomic E-state index is 12.2. The van der Waals surface area contributed by atoms with Gasteiger partial charge in [0.25, 0.3) is 0 Å². The molecule has 1 aliphatic rings. The van der Waals surface area contributed by atoms with Gasteiger partial charge < -0.3 is 15.2 Å². The van der Waals surface area contributed by atoms with E-state index in [-0.39, 0.29) is 5.91 Å². The molecule has 0 radical (unpaired) electrons. The van der Waals surface area contributed by atoms with Gasteiger partial charge in [-0.2, -0.15) is 0 Å². The van der Waals surface area contributed by atoms with Crippen molar-refractivity contribution < 1.29 is 14.7 Å². The van der Waals surface area contributed by atoms with Gasteiger partial charge in [0.1, 0.15) is 0 Å². The standard InChI is InChI=1S/C14H15BrClNO3/c15-11-6-5-8(7-12(11)16)17-13(18)9-3-1-2-4-10(9)14(19)20/h5-7,9-10H,1-4H2,(H,17,18)(H,19,20)/p-1/t9-,10+/m1/s1. The van der Waals surface area contributed by atoms with E-state index >= 15 is 0 Å². The molecule has 1 aliphatic carbocycles. The van der Waals surface area contributed by atoms with Crippen LogP contribution in [0.25, 0.3) is 0 Å². The minimum atomic E-state index is -1.14. The highest BCUT2D eigenvalue weighted by molar-refractivity contribution is 9.10. The Hall–Kier alpha value is -1.07. The molecule has 2 rings (SSSR count). The average Bonchev–Trinajstić information content (AvgIpc) is 2.43. The summed E-state index contributed by atoms with van der Waals surface area (Å²) in [6.07, 6.45) is 2.77. The zero-order valence-electron chi connectivity index (χ0n) is 10.7. The number of amides is 1. The molecule has 1 aromatic rings. The quantitative estimate of drug-likeness (QED) is 0.902. The molecule has 2 atom stereocenters. The molecule has 1 saturated carbocycles. The van der Waals surface area contributed by atoms with Crippen molar-refractivity contribution in [2.45, 2.75) is 25.7 Å². The second-order valence-electron chi connectivity index (χ2n) is 4.93. The summed E-state index contributed by atoms with van der Waals surface area (Å²) in [4.78, 5) is 23.3. The molecule has 1 amide bonds. The summed E-state index contributed by atoms with van der Waals surface area (Å²) in [6, 6.07) is 5.07. The van der Waals surface area contributed by atoms with E-state index in [1.807, 2.05) is 0 Å². The Morgan fingerprint density at radius 3 is 2.50 bits per heavy atom. The predicted octanol–water partition coefficient (Wildman–Crippen LogP) is 2.60. The number of halogens is 2. The first-order chi connectivity index (χ1) is 9.49. The van der Waals surface area contributed by atoms with Crippen molar-refractivity contribution in [3.8, 4) is 0 Å². The van der Waals surface area contributed by atoms with E-state index in [4.69, 9.17) is 11.6 Å². The molecule has 0 bridgehead atoms. The molecule has 0 spiro atoms. The van der Waals surface area contributed by atoms with Gasteiger partial charge in [-0.05, 0) is 47.0 Å². The van der Waals surface area contributed by atoms with Crippen LogP contribution in [-0.4, -0.2) is 11.9 Å². The Kier molecular flexibility index (Phi) is 5.05. The number of hydrogen-bond acceptors (Lipinski definition) is 3. The monoisotopic (exact) mass is 358 g/mol. The van der Waals surface area contributed by atoms with Crippen LogP contribution in [-0.2, 0) is 9.59 Å². The minimum absolute atomic E-state index is 0.280. The normalized spacial score (nSPS) is 22.3. The van der Waals surface area contributed by atoms with Crippen molar-refractivity contribution >= 4 is 45.1 Å². The van der Waals surface area contributed by atoms with Gasteiger partial charge in [0.05, 0.1) is 5.02 Å². The zero-order valence-corrected chi connectivity index (χ0v) is 13.0. The Bertz CT molecular complexity index is 535. The van der Waals surface area contributed by atoms with Crippen LogP contribution in [0.3, 0.4) is 0 Å². The number of carboxylic acid groups (broad SMARTS) is 1. The smallest absolute Gasteiger partial charge is 0.228 e. The van der Waals surface area contributed by atoms with Crippen LogP contribution in [0, 0.1) is 11.8 Å².